The lowest BCUT2D eigenvalue weighted by atomic mass is 9.76. The van der Waals surface area contributed by atoms with Crippen molar-refractivity contribution in [3.8, 4) is 0 Å². The van der Waals surface area contributed by atoms with Crippen molar-refractivity contribution in [1.82, 2.24) is 0 Å². The topological polar surface area (TPSA) is 0 Å². The van der Waals surface area contributed by atoms with E-state index < -0.39 is 28.7 Å². The van der Waals surface area contributed by atoms with Crippen LogP contribution in [0.15, 0.2) is 42.5 Å². The molecular weight excluding hydrogens is 412 g/mol. The van der Waals surface area contributed by atoms with Crippen molar-refractivity contribution in [3.63, 3.8) is 0 Å². The number of benzene rings is 3. The molecule has 3 aromatic carbocycles. The Morgan fingerprint density at radius 2 is 1.34 bits per heavy atom. The Labute approximate surface area is 187 Å². The molecule has 1 aliphatic carbocycles. The first kappa shape index (κ1) is 22.8. The molecule has 0 bridgehead atoms. The van der Waals surface area contributed by atoms with Crippen LogP contribution < -0.4 is 0 Å². The van der Waals surface area contributed by atoms with E-state index in [1.165, 1.54) is 42.9 Å². The van der Waals surface area contributed by atoms with Gasteiger partial charge in [-0.25, -0.2) is 17.6 Å². The van der Waals surface area contributed by atoms with Gasteiger partial charge in [-0.2, -0.15) is 0 Å². The highest BCUT2D eigenvalue weighted by molar-refractivity contribution is 5.84. The van der Waals surface area contributed by atoms with Crippen molar-refractivity contribution in [3.05, 3.63) is 82.4 Å². The average Bonchev–Trinajstić information content (AvgIpc) is 2.80. The van der Waals surface area contributed by atoms with Crippen LogP contribution in [0, 0.1) is 23.3 Å². The van der Waals surface area contributed by atoms with Crippen LogP contribution in [0.1, 0.15) is 86.8 Å². The van der Waals surface area contributed by atoms with Crippen molar-refractivity contribution in [2.75, 3.05) is 0 Å². The molecule has 170 valence electrons. The van der Waals surface area contributed by atoms with Crippen molar-refractivity contribution in [2.24, 2.45) is 0 Å². The first-order chi connectivity index (χ1) is 15.5. The normalized spacial score (nSPS) is 18.9. The molecule has 0 radical (unpaired) electrons. The number of rotatable bonds is 7. The summed E-state index contributed by atoms with van der Waals surface area (Å²) in [5.41, 5.74) is 3.48. The van der Waals surface area contributed by atoms with E-state index in [1.807, 2.05) is 0 Å². The highest BCUT2D eigenvalue weighted by Crippen LogP contribution is 2.41. The van der Waals surface area contributed by atoms with Crippen LogP contribution in [0.3, 0.4) is 0 Å². The van der Waals surface area contributed by atoms with Gasteiger partial charge in [0.05, 0.1) is 5.39 Å². The van der Waals surface area contributed by atoms with Crippen molar-refractivity contribution in [2.45, 2.75) is 76.5 Å². The fourth-order valence-electron chi connectivity index (χ4n) is 5.12. The fourth-order valence-corrected chi connectivity index (χ4v) is 5.12. The van der Waals surface area contributed by atoms with Crippen LogP contribution in [0.4, 0.5) is 17.6 Å². The van der Waals surface area contributed by atoms with Crippen LogP contribution in [0.25, 0.3) is 10.8 Å². The Balaban J connectivity index is 1.41. The predicted molar refractivity (Wildman–Crippen MR) is 122 cm³/mol. The van der Waals surface area contributed by atoms with Crippen LogP contribution in [-0.2, 0) is 6.42 Å². The number of hydrogen-bond donors (Lipinski definition) is 0. The van der Waals surface area contributed by atoms with Gasteiger partial charge in [-0.15, -0.1) is 0 Å². The smallest absolute Gasteiger partial charge is 0.195 e. The third-order valence-corrected chi connectivity index (χ3v) is 7.02. The molecule has 0 aromatic heterocycles. The van der Waals surface area contributed by atoms with Gasteiger partial charge in [-0.3, -0.25) is 0 Å². The molecule has 4 heteroatoms. The maximum Gasteiger partial charge on any atom is 0.195 e. The minimum Gasteiger partial charge on any atom is -0.206 e. The van der Waals surface area contributed by atoms with Gasteiger partial charge in [0.25, 0.3) is 0 Å². The summed E-state index contributed by atoms with van der Waals surface area (Å²) >= 11 is 0. The van der Waals surface area contributed by atoms with E-state index in [9.17, 15) is 17.6 Å². The molecule has 0 unspecified atom stereocenters. The number of halogens is 4. The van der Waals surface area contributed by atoms with E-state index in [0.717, 1.165) is 43.7 Å². The van der Waals surface area contributed by atoms with Gasteiger partial charge < -0.3 is 0 Å². The van der Waals surface area contributed by atoms with Gasteiger partial charge in [0.15, 0.2) is 17.5 Å². The van der Waals surface area contributed by atoms with E-state index in [4.69, 9.17) is 0 Å². The average molecular weight is 443 g/mol. The van der Waals surface area contributed by atoms with Crippen LogP contribution in [0.5, 0.6) is 0 Å². The van der Waals surface area contributed by atoms with Crippen molar-refractivity contribution < 1.29 is 17.6 Å². The molecule has 0 nitrogen and oxygen atoms in total. The highest BCUT2D eigenvalue weighted by atomic mass is 19.2. The van der Waals surface area contributed by atoms with E-state index in [1.54, 1.807) is 6.07 Å². The summed E-state index contributed by atoms with van der Waals surface area (Å²) < 4.78 is 55.7. The standard InChI is InChI=1S/C28H30F4/c1-2-3-4-5-6-18-7-9-19(10-8-18)20-11-13-21(14-12-20)22-15-23-17-25(30)27(31)28(32)26(23)24(29)16-22/h7-10,15-17,20-21H,2-6,11-14H2,1H3. The molecular formula is C28H30F4. The molecule has 0 atom stereocenters. The Hall–Kier alpha value is -2.36. The van der Waals surface area contributed by atoms with Crippen molar-refractivity contribution in [1.29, 1.82) is 0 Å². The van der Waals surface area contributed by atoms with Gasteiger partial charge in [-0.05, 0) is 84.6 Å². The molecule has 0 N–H and O–H groups in total. The lowest BCUT2D eigenvalue weighted by Gasteiger charge is -2.29. The van der Waals surface area contributed by atoms with Gasteiger partial charge in [0.1, 0.15) is 5.82 Å². The molecule has 0 amide bonds. The highest BCUT2D eigenvalue weighted by Gasteiger charge is 2.25. The first-order valence-electron chi connectivity index (χ1n) is 11.8. The summed E-state index contributed by atoms with van der Waals surface area (Å²) in [6.07, 6.45) is 9.96. The molecule has 1 saturated carbocycles. The summed E-state index contributed by atoms with van der Waals surface area (Å²) in [5.74, 6) is -4.58. The molecule has 32 heavy (non-hydrogen) atoms. The summed E-state index contributed by atoms with van der Waals surface area (Å²) in [4.78, 5) is 0. The number of aryl methyl sites for hydroxylation is 1. The van der Waals surface area contributed by atoms with Crippen molar-refractivity contribution >= 4 is 10.8 Å². The number of hydrogen-bond acceptors (Lipinski definition) is 0. The van der Waals surface area contributed by atoms with Gasteiger partial charge >= 0.3 is 0 Å². The van der Waals surface area contributed by atoms with E-state index in [-0.39, 0.29) is 11.3 Å². The van der Waals surface area contributed by atoms with Crippen LogP contribution in [0.2, 0.25) is 0 Å². The molecule has 0 heterocycles. The summed E-state index contributed by atoms with van der Waals surface area (Å²) in [6.45, 7) is 2.22. The third-order valence-electron chi connectivity index (χ3n) is 7.02. The summed E-state index contributed by atoms with van der Waals surface area (Å²) in [7, 11) is 0. The molecule has 1 aliphatic rings. The molecule has 0 aliphatic heterocycles. The summed E-state index contributed by atoms with van der Waals surface area (Å²) in [6, 6.07) is 12.8. The third kappa shape index (κ3) is 4.84. The molecule has 0 saturated heterocycles. The maximum absolute atomic E-state index is 14.6. The first-order valence-corrected chi connectivity index (χ1v) is 11.8. The second-order valence-electron chi connectivity index (χ2n) is 9.19. The lowest BCUT2D eigenvalue weighted by Crippen LogP contribution is -2.12. The fraction of sp³-hybridized carbons (Fsp3) is 0.429. The number of unbranched alkanes of at least 4 members (excludes halogenated alkanes) is 3. The van der Waals surface area contributed by atoms with Gasteiger partial charge in [-0.1, -0.05) is 56.5 Å². The molecule has 1 fully saturated rings. The zero-order valence-electron chi connectivity index (χ0n) is 18.6. The second-order valence-corrected chi connectivity index (χ2v) is 9.19. The van der Waals surface area contributed by atoms with Gasteiger partial charge in [0.2, 0.25) is 0 Å². The monoisotopic (exact) mass is 442 g/mol. The SMILES string of the molecule is CCCCCCc1ccc(C2CCC(c3cc(F)c4c(F)c(F)c(F)cc4c3)CC2)cc1. The van der Waals surface area contributed by atoms with E-state index in [0.29, 0.717) is 5.92 Å². The Kier molecular flexibility index (Phi) is 7.17. The quantitative estimate of drug-likeness (QED) is 0.195. The van der Waals surface area contributed by atoms with Gasteiger partial charge in [0, 0.05) is 0 Å². The van der Waals surface area contributed by atoms with Crippen LogP contribution >= 0.6 is 0 Å². The Morgan fingerprint density at radius 3 is 2.00 bits per heavy atom. The molecule has 0 spiro atoms. The Morgan fingerprint density at radius 1 is 0.688 bits per heavy atom. The molecule has 3 aromatic rings. The van der Waals surface area contributed by atoms with Crippen LogP contribution in [-0.4, -0.2) is 0 Å². The molecule has 4 rings (SSSR count). The summed E-state index contributed by atoms with van der Waals surface area (Å²) in [5, 5.41) is -0.399. The second kappa shape index (κ2) is 10.1. The largest absolute Gasteiger partial charge is 0.206 e. The lowest BCUT2D eigenvalue weighted by molar-refractivity contribution is 0.395. The maximum atomic E-state index is 14.6. The minimum atomic E-state index is -1.63. The number of fused-ring (bicyclic) bond motifs is 1. The van der Waals surface area contributed by atoms with E-state index >= 15 is 0 Å². The zero-order chi connectivity index (χ0) is 22.7. The Bertz CT molecular complexity index is 1060. The van der Waals surface area contributed by atoms with E-state index in [2.05, 4.69) is 31.2 Å². The predicted octanol–water partition coefficient (Wildman–Crippen LogP) is 8.96. The minimum absolute atomic E-state index is 0.0769. The zero-order valence-corrected chi connectivity index (χ0v) is 18.6.